The van der Waals surface area contributed by atoms with Crippen LogP contribution in [-0.4, -0.2) is 33.1 Å². The Bertz CT molecular complexity index is 1210. The number of carbonyl (C=O) groups excluding carboxylic acids is 1. The SMILES string of the molecule is COC(=O)C[C@H](c1ccccc1)[C@@H]1c2ccccc2CCN1NS(=O)(=O)c1ccc(C)cc1. The van der Waals surface area contributed by atoms with Gasteiger partial charge in [-0.15, -0.1) is 4.83 Å². The van der Waals surface area contributed by atoms with Gasteiger partial charge in [0.1, 0.15) is 0 Å². The van der Waals surface area contributed by atoms with Crippen LogP contribution in [0, 0.1) is 6.92 Å². The maximum atomic E-state index is 13.3. The van der Waals surface area contributed by atoms with E-state index in [0.717, 1.165) is 22.3 Å². The quantitative estimate of drug-likeness (QED) is 0.532. The maximum Gasteiger partial charge on any atom is 0.306 e. The number of hydrazine groups is 1. The normalized spacial score (nSPS) is 17.2. The summed E-state index contributed by atoms with van der Waals surface area (Å²) in [6.07, 6.45) is 0.825. The topological polar surface area (TPSA) is 75.7 Å². The average Bonchev–Trinajstić information content (AvgIpc) is 2.83. The van der Waals surface area contributed by atoms with Gasteiger partial charge in [0.2, 0.25) is 0 Å². The van der Waals surface area contributed by atoms with E-state index in [4.69, 9.17) is 4.74 Å². The first-order valence-electron chi connectivity index (χ1n) is 10.9. The average molecular weight is 465 g/mol. The molecular formula is C26H28N2O4S. The molecule has 2 atom stereocenters. The van der Waals surface area contributed by atoms with Crippen molar-refractivity contribution in [2.45, 2.75) is 36.6 Å². The van der Waals surface area contributed by atoms with Gasteiger partial charge < -0.3 is 4.74 Å². The van der Waals surface area contributed by atoms with Gasteiger partial charge in [-0.1, -0.05) is 72.3 Å². The van der Waals surface area contributed by atoms with Crippen LogP contribution >= 0.6 is 0 Å². The Morgan fingerprint density at radius 2 is 1.70 bits per heavy atom. The van der Waals surface area contributed by atoms with E-state index in [1.165, 1.54) is 7.11 Å². The zero-order valence-corrected chi connectivity index (χ0v) is 19.6. The zero-order chi connectivity index (χ0) is 23.4. The van der Waals surface area contributed by atoms with Crippen molar-refractivity contribution >= 4 is 16.0 Å². The molecule has 33 heavy (non-hydrogen) atoms. The van der Waals surface area contributed by atoms with E-state index >= 15 is 0 Å². The van der Waals surface area contributed by atoms with Crippen LogP contribution in [0.2, 0.25) is 0 Å². The largest absolute Gasteiger partial charge is 0.469 e. The number of carbonyl (C=O) groups is 1. The lowest BCUT2D eigenvalue weighted by atomic mass is 9.80. The van der Waals surface area contributed by atoms with E-state index in [1.54, 1.807) is 29.3 Å². The van der Waals surface area contributed by atoms with Gasteiger partial charge >= 0.3 is 5.97 Å². The number of ether oxygens (including phenoxy) is 1. The molecule has 4 rings (SSSR count). The van der Waals surface area contributed by atoms with Crippen LogP contribution in [0.15, 0.2) is 83.8 Å². The van der Waals surface area contributed by atoms with Crippen molar-refractivity contribution in [3.05, 3.63) is 101 Å². The molecule has 0 aromatic heterocycles. The molecule has 0 spiro atoms. The van der Waals surface area contributed by atoms with Gasteiger partial charge in [0.15, 0.2) is 0 Å². The molecule has 1 aliphatic heterocycles. The molecule has 0 fully saturated rings. The summed E-state index contributed by atoms with van der Waals surface area (Å²) in [5.41, 5.74) is 4.09. The molecular weight excluding hydrogens is 436 g/mol. The molecule has 1 N–H and O–H groups in total. The Kier molecular flexibility index (Phi) is 6.93. The highest BCUT2D eigenvalue weighted by Gasteiger charge is 2.38. The van der Waals surface area contributed by atoms with E-state index < -0.39 is 10.0 Å². The number of sulfonamides is 1. The van der Waals surface area contributed by atoms with E-state index in [0.29, 0.717) is 13.0 Å². The van der Waals surface area contributed by atoms with Crippen LogP contribution in [-0.2, 0) is 26.0 Å². The third-order valence-electron chi connectivity index (χ3n) is 6.12. The zero-order valence-electron chi connectivity index (χ0n) is 18.8. The van der Waals surface area contributed by atoms with Crippen LogP contribution in [0.25, 0.3) is 0 Å². The van der Waals surface area contributed by atoms with Crippen LogP contribution in [0.4, 0.5) is 0 Å². The van der Waals surface area contributed by atoms with Gasteiger partial charge in [-0.2, -0.15) is 0 Å². The summed E-state index contributed by atoms with van der Waals surface area (Å²) in [7, 11) is -2.43. The first-order valence-corrected chi connectivity index (χ1v) is 12.4. The van der Waals surface area contributed by atoms with Crippen molar-refractivity contribution < 1.29 is 17.9 Å². The Hall–Kier alpha value is -3.00. The predicted octanol–water partition coefficient (Wildman–Crippen LogP) is 4.13. The fourth-order valence-corrected chi connectivity index (χ4v) is 5.55. The van der Waals surface area contributed by atoms with E-state index in [9.17, 15) is 13.2 Å². The number of nitrogens with one attached hydrogen (secondary N) is 1. The molecule has 7 heteroatoms. The number of hydrogen-bond acceptors (Lipinski definition) is 5. The minimum absolute atomic E-state index is 0.127. The van der Waals surface area contributed by atoms with E-state index in [1.807, 2.05) is 55.5 Å². The molecule has 0 saturated carbocycles. The Morgan fingerprint density at radius 1 is 1.03 bits per heavy atom. The van der Waals surface area contributed by atoms with Gasteiger partial charge in [-0.05, 0) is 42.2 Å². The summed E-state index contributed by atoms with van der Waals surface area (Å²) in [6.45, 7) is 2.40. The van der Waals surface area contributed by atoms with Gasteiger partial charge in [0.25, 0.3) is 10.0 Å². The number of benzene rings is 3. The lowest BCUT2D eigenvalue weighted by Crippen LogP contribution is -2.49. The number of esters is 1. The third-order valence-corrected chi connectivity index (χ3v) is 7.49. The lowest BCUT2D eigenvalue weighted by Gasteiger charge is -2.41. The van der Waals surface area contributed by atoms with Gasteiger partial charge in [-0.25, -0.2) is 13.4 Å². The number of aryl methyl sites for hydroxylation is 1. The second-order valence-electron chi connectivity index (χ2n) is 8.29. The van der Waals surface area contributed by atoms with Crippen LogP contribution in [0.5, 0.6) is 0 Å². The van der Waals surface area contributed by atoms with Crippen LogP contribution < -0.4 is 4.83 Å². The van der Waals surface area contributed by atoms with E-state index in [-0.39, 0.29) is 29.2 Å². The molecule has 3 aromatic carbocycles. The summed E-state index contributed by atoms with van der Waals surface area (Å²) in [6, 6.07) is 24.1. The Balaban J connectivity index is 1.77. The Labute approximate surface area is 195 Å². The summed E-state index contributed by atoms with van der Waals surface area (Å²) in [5.74, 6) is -0.644. The molecule has 6 nitrogen and oxygen atoms in total. The van der Waals surface area contributed by atoms with Crippen molar-refractivity contribution in [1.82, 2.24) is 9.84 Å². The van der Waals surface area contributed by atoms with Crippen molar-refractivity contribution in [3.63, 3.8) is 0 Å². The smallest absolute Gasteiger partial charge is 0.306 e. The number of nitrogens with zero attached hydrogens (tertiary/aromatic N) is 1. The van der Waals surface area contributed by atoms with Crippen molar-refractivity contribution in [2.24, 2.45) is 0 Å². The molecule has 0 bridgehead atoms. The molecule has 3 aromatic rings. The second-order valence-corrected chi connectivity index (χ2v) is 9.95. The third kappa shape index (κ3) is 5.16. The highest BCUT2D eigenvalue weighted by Crippen LogP contribution is 2.42. The standard InChI is InChI=1S/C26H28N2O4S/c1-19-12-14-22(15-13-19)33(30,31)27-28-17-16-21-10-6-7-11-23(21)26(28)24(18-25(29)32-2)20-8-4-3-5-9-20/h3-15,24,26-27H,16-18H2,1-2H3/t24-,26+/m1/s1. The number of rotatable bonds is 7. The number of methoxy groups -OCH3 is 1. The minimum Gasteiger partial charge on any atom is -0.469 e. The Morgan fingerprint density at radius 3 is 2.39 bits per heavy atom. The molecule has 1 aliphatic rings. The lowest BCUT2D eigenvalue weighted by molar-refractivity contribution is -0.141. The van der Waals surface area contributed by atoms with Crippen molar-refractivity contribution in [3.8, 4) is 0 Å². The molecule has 0 radical (unpaired) electrons. The number of hydrogen-bond donors (Lipinski definition) is 1. The molecule has 0 unspecified atom stereocenters. The van der Waals surface area contributed by atoms with Crippen LogP contribution in [0.1, 0.15) is 40.6 Å². The van der Waals surface area contributed by atoms with Crippen LogP contribution in [0.3, 0.4) is 0 Å². The first kappa shape index (κ1) is 23.2. The molecule has 1 heterocycles. The highest BCUT2D eigenvalue weighted by molar-refractivity contribution is 7.89. The van der Waals surface area contributed by atoms with Gasteiger partial charge in [0.05, 0.1) is 24.5 Å². The summed E-state index contributed by atoms with van der Waals surface area (Å²) >= 11 is 0. The van der Waals surface area contributed by atoms with E-state index in [2.05, 4.69) is 10.9 Å². The summed E-state index contributed by atoms with van der Waals surface area (Å²) < 4.78 is 31.5. The predicted molar refractivity (Wildman–Crippen MR) is 127 cm³/mol. The molecule has 172 valence electrons. The molecule has 0 amide bonds. The maximum absolute atomic E-state index is 13.3. The molecule has 0 aliphatic carbocycles. The minimum atomic E-state index is -3.80. The summed E-state index contributed by atoms with van der Waals surface area (Å²) in [5, 5.41) is 1.76. The number of fused-ring (bicyclic) bond motifs is 1. The second kappa shape index (κ2) is 9.87. The van der Waals surface area contributed by atoms with Gasteiger partial charge in [-0.3, -0.25) is 4.79 Å². The fraction of sp³-hybridized carbons (Fsp3) is 0.269. The van der Waals surface area contributed by atoms with Gasteiger partial charge in [0, 0.05) is 12.5 Å². The van der Waals surface area contributed by atoms with Crippen molar-refractivity contribution in [2.75, 3.05) is 13.7 Å². The molecule has 0 saturated heterocycles. The fourth-order valence-electron chi connectivity index (χ4n) is 4.43. The highest BCUT2D eigenvalue weighted by atomic mass is 32.2. The monoisotopic (exact) mass is 464 g/mol. The summed E-state index contributed by atoms with van der Waals surface area (Å²) in [4.78, 5) is 15.4. The van der Waals surface area contributed by atoms with Crippen molar-refractivity contribution in [1.29, 1.82) is 0 Å². The first-order chi connectivity index (χ1) is 15.9.